The van der Waals surface area contributed by atoms with Crippen molar-refractivity contribution in [2.24, 2.45) is 17.8 Å². The predicted molar refractivity (Wildman–Crippen MR) is 96.1 cm³/mol. The van der Waals surface area contributed by atoms with Crippen LogP contribution in [0.1, 0.15) is 75.3 Å². The van der Waals surface area contributed by atoms with Gasteiger partial charge >= 0.3 is 0 Å². The maximum absolute atomic E-state index is 8.92. The molecule has 2 aliphatic carbocycles. The lowest BCUT2D eigenvalue weighted by atomic mass is 9.68. The van der Waals surface area contributed by atoms with E-state index in [0.717, 1.165) is 29.2 Å². The molecule has 2 saturated carbocycles. The van der Waals surface area contributed by atoms with Crippen LogP contribution >= 0.6 is 0 Å². The standard InChI is InChI=1S/C22H29N/c1-2-3-17-4-8-19(9-5-17)21-12-14-22(15-13-21)20-10-6-18(16-23)7-11-20/h2-3,6-7,10-11,17,19,21-22H,4-5,8-9,12-15H2,1H3/b3-2-. The second kappa shape index (κ2) is 7.82. The SMILES string of the molecule is C/C=C\C1CCC(C2CCC(c3ccc(C#N)cc3)CC2)CC1. The lowest BCUT2D eigenvalue weighted by molar-refractivity contribution is 0.171. The van der Waals surface area contributed by atoms with Gasteiger partial charge in [-0.05, 0) is 99.7 Å². The third kappa shape index (κ3) is 4.05. The molecule has 1 nitrogen and oxygen atoms in total. The molecule has 1 aromatic carbocycles. The molecule has 1 aromatic rings. The van der Waals surface area contributed by atoms with Crippen molar-refractivity contribution >= 4 is 0 Å². The third-order valence-electron chi connectivity index (χ3n) is 6.23. The molecule has 0 aromatic heterocycles. The van der Waals surface area contributed by atoms with Crippen molar-refractivity contribution in [1.29, 1.82) is 5.26 Å². The third-order valence-corrected chi connectivity index (χ3v) is 6.23. The normalized spacial score (nSPS) is 31.8. The maximum atomic E-state index is 8.92. The van der Waals surface area contributed by atoms with Gasteiger partial charge in [-0.3, -0.25) is 0 Å². The Labute approximate surface area is 141 Å². The van der Waals surface area contributed by atoms with Gasteiger partial charge in [0.2, 0.25) is 0 Å². The highest BCUT2D eigenvalue weighted by atomic mass is 14.4. The first-order valence-electron chi connectivity index (χ1n) is 9.43. The minimum Gasteiger partial charge on any atom is -0.192 e. The molecule has 0 N–H and O–H groups in total. The molecule has 1 heteroatoms. The Kier molecular flexibility index (Phi) is 5.55. The number of hydrogen-bond acceptors (Lipinski definition) is 1. The van der Waals surface area contributed by atoms with Crippen molar-refractivity contribution in [2.45, 2.75) is 64.2 Å². The fourth-order valence-electron chi connectivity index (χ4n) is 4.83. The van der Waals surface area contributed by atoms with Crippen LogP contribution in [0.3, 0.4) is 0 Å². The van der Waals surface area contributed by atoms with E-state index in [1.807, 2.05) is 12.1 Å². The second-order valence-corrected chi connectivity index (χ2v) is 7.55. The Bertz CT molecular complexity index is 547. The molecule has 2 fully saturated rings. The van der Waals surface area contributed by atoms with Crippen molar-refractivity contribution in [3.05, 3.63) is 47.5 Å². The number of hydrogen-bond donors (Lipinski definition) is 0. The van der Waals surface area contributed by atoms with Gasteiger partial charge in [-0.2, -0.15) is 5.26 Å². The molecule has 0 unspecified atom stereocenters. The van der Waals surface area contributed by atoms with Crippen molar-refractivity contribution in [2.75, 3.05) is 0 Å². The van der Waals surface area contributed by atoms with E-state index in [2.05, 4.69) is 37.3 Å². The zero-order valence-corrected chi connectivity index (χ0v) is 14.4. The van der Waals surface area contributed by atoms with Gasteiger partial charge in [-0.1, -0.05) is 24.3 Å². The summed E-state index contributed by atoms with van der Waals surface area (Å²) in [4.78, 5) is 0. The highest BCUT2D eigenvalue weighted by Gasteiger charge is 2.30. The van der Waals surface area contributed by atoms with Crippen LogP contribution in [0.2, 0.25) is 0 Å². The van der Waals surface area contributed by atoms with Gasteiger partial charge in [0, 0.05) is 0 Å². The quantitative estimate of drug-likeness (QED) is 0.608. The molecule has 0 heterocycles. The monoisotopic (exact) mass is 307 g/mol. The van der Waals surface area contributed by atoms with Crippen molar-refractivity contribution in [1.82, 2.24) is 0 Å². The summed E-state index contributed by atoms with van der Waals surface area (Å²) in [6, 6.07) is 10.5. The van der Waals surface area contributed by atoms with Gasteiger partial charge in [0.25, 0.3) is 0 Å². The molecule has 122 valence electrons. The summed E-state index contributed by atoms with van der Waals surface area (Å²) in [7, 11) is 0. The molecule has 0 saturated heterocycles. The summed E-state index contributed by atoms with van der Waals surface area (Å²) in [5.74, 6) is 3.53. The fourth-order valence-corrected chi connectivity index (χ4v) is 4.83. The zero-order chi connectivity index (χ0) is 16.1. The largest absolute Gasteiger partial charge is 0.192 e. The second-order valence-electron chi connectivity index (χ2n) is 7.55. The van der Waals surface area contributed by atoms with E-state index in [0.29, 0.717) is 0 Å². The molecule has 0 spiro atoms. The molecule has 2 aliphatic rings. The van der Waals surface area contributed by atoms with Gasteiger partial charge < -0.3 is 0 Å². The van der Waals surface area contributed by atoms with E-state index in [9.17, 15) is 0 Å². The number of rotatable bonds is 3. The molecule has 3 rings (SSSR count). The first-order valence-corrected chi connectivity index (χ1v) is 9.43. The fraction of sp³-hybridized carbons (Fsp3) is 0.591. The van der Waals surface area contributed by atoms with Gasteiger partial charge in [0.15, 0.2) is 0 Å². The van der Waals surface area contributed by atoms with E-state index in [1.165, 1.54) is 56.9 Å². The molecular formula is C22H29N. The van der Waals surface area contributed by atoms with E-state index >= 15 is 0 Å². The number of nitriles is 1. The summed E-state index contributed by atoms with van der Waals surface area (Å²) in [6.45, 7) is 2.15. The highest BCUT2D eigenvalue weighted by molar-refractivity contribution is 5.33. The molecular weight excluding hydrogens is 278 g/mol. The van der Waals surface area contributed by atoms with E-state index in [4.69, 9.17) is 5.26 Å². The Hall–Kier alpha value is -1.55. The minimum atomic E-state index is 0.721. The van der Waals surface area contributed by atoms with Gasteiger partial charge in [-0.25, -0.2) is 0 Å². The first-order chi connectivity index (χ1) is 11.3. The zero-order valence-electron chi connectivity index (χ0n) is 14.4. The van der Waals surface area contributed by atoms with Crippen LogP contribution in [0.5, 0.6) is 0 Å². The Morgan fingerprint density at radius 1 is 0.870 bits per heavy atom. The minimum absolute atomic E-state index is 0.721. The number of nitrogens with zero attached hydrogens (tertiary/aromatic N) is 1. The first kappa shape index (κ1) is 16.3. The molecule has 0 radical (unpaired) electrons. The summed E-state index contributed by atoms with van der Waals surface area (Å²) in [5, 5.41) is 8.92. The van der Waals surface area contributed by atoms with Gasteiger partial charge in [-0.15, -0.1) is 0 Å². The lowest BCUT2D eigenvalue weighted by Gasteiger charge is -2.37. The molecule has 0 bridgehead atoms. The molecule has 0 aliphatic heterocycles. The van der Waals surface area contributed by atoms with Crippen LogP contribution in [-0.2, 0) is 0 Å². The maximum Gasteiger partial charge on any atom is 0.0991 e. The van der Waals surface area contributed by atoms with Crippen LogP contribution in [-0.4, -0.2) is 0 Å². The summed E-state index contributed by atoms with van der Waals surface area (Å²) in [6.07, 6.45) is 15.8. The predicted octanol–water partition coefficient (Wildman–Crippen LogP) is 6.21. The Morgan fingerprint density at radius 3 is 1.96 bits per heavy atom. The van der Waals surface area contributed by atoms with E-state index in [1.54, 1.807) is 0 Å². The van der Waals surface area contributed by atoms with Crippen LogP contribution in [0.25, 0.3) is 0 Å². The van der Waals surface area contributed by atoms with E-state index in [-0.39, 0.29) is 0 Å². The number of benzene rings is 1. The topological polar surface area (TPSA) is 23.8 Å². The lowest BCUT2D eigenvalue weighted by Crippen LogP contribution is -2.25. The van der Waals surface area contributed by atoms with Gasteiger partial charge in [0.05, 0.1) is 11.6 Å². The molecule has 23 heavy (non-hydrogen) atoms. The van der Waals surface area contributed by atoms with Crippen LogP contribution < -0.4 is 0 Å². The average Bonchev–Trinajstić information content (AvgIpc) is 2.63. The Morgan fingerprint density at radius 2 is 1.43 bits per heavy atom. The summed E-state index contributed by atoms with van der Waals surface area (Å²) >= 11 is 0. The molecule has 0 atom stereocenters. The summed E-state index contributed by atoms with van der Waals surface area (Å²) in [5.41, 5.74) is 2.22. The van der Waals surface area contributed by atoms with Crippen LogP contribution in [0, 0.1) is 29.1 Å². The van der Waals surface area contributed by atoms with E-state index < -0.39 is 0 Å². The summed E-state index contributed by atoms with van der Waals surface area (Å²) < 4.78 is 0. The van der Waals surface area contributed by atoms with Gasteiger partial charge in [0.1, 0.15) is 0 Å². The van der Waals surface area contributed by atoms with Crippen molar-refractivity contribution in [3.8, 4) is 6.07 Å². The number of allylic oxidation sites excluding steroid dienone is 2. The Balaban J connectivity index is 1.49. The van der Waals surface area contributed by atoms with Crippen molar-refractivity contribution < 1.29 is 0 Å². The van der Waals surface area contributed by atoms with Crippen molar-refractivity contribution in [3.63, 3.8) is 0 Å². The van der Waals surface area contributed by atoms with Crippen LogP contribution in [0.15, 0.2) is 36.4 Å². The highest BCUT2D eigenvalue weighted by Crippen LogP contribution is 2.44. The smallest absolute Gasteiger partial charge is 0.0991 e. The molecule has 0 amide bonds. The average molecular weight is 307 g/mol. The van der Waals surface area contributed by atoms with Crippen LogP contribution in [0.4, 0.5) is 0 Å².